The normalized spacial score (nSPS) is 10.4. The van der Waals surface area contributed by atoms with E-state index in [1.54, 1.807) is 24.3 Å². The molecule has 1 aromatic rings. The zero-order valence-corrected chi connectivity index (χ0v) is 12.1. The molecule has 1 amide bonds. The molecule has 0 aliphatic carbocycles. The summed E-state index contributed by atoms with van der Waals surface area (Å²) in [5.41, 5.74) is 0.536. The minimum Gasteiger partial charge on any atom is -0.491 e. The topological polar surface area (TPSA) is 66.8 Å². The highest BCUT2D eigenvalue weighted by Gasteiger charge is 2.15. The second-order valence-corrected chi connectivity index (χ2v) is 4.72. The Morgan fingerprint density at radius 1 is 1.25 bits per heavy atom. The van der Waals surface area contributed by atoms with E-state index >= 15 is 0 Å². The summed E-state index contributed by atoms with van der Waals surface area (Å²) in [5, 5.41) is 8.68. The summed E-state index contributed by atoms with van der Waals surface area (Å²) >= 11 is 0. The van der Waals surface area contributed by atoms with Crippen molar-refractivity contribution in [3.05, 3.63) is 29.8 Å². The highest BCUT2D eigenvalue weighted by molar-refractivity contribution is 5.94. The van der Waals surface area contributed by atoms with Gasteiger partial charge >= 0.3 is 5.97 Å². The van der Waals surface area contributed by atoms with Crippen molar-refractivity contribution in [3.63, 3.8) is 0 Å². The van der Waals surface area contributed by atoms with Crippen LogP contribution in [0.1, 0.15) is 37.6 Å². The van der Waals surface area contributed by atoms with Crippen LogP contribution in [-0.2, 0) is 4.79 Å². The number of aliphatic carboxylic acids is 1. The van der Waals surface area contributed by atoms with Crippen molar-refractivity contribution in [1.29, 1.82) is 0 Å². The van der Waals surface area contributed by atoms with E-state index in [-0.39, 0.29) is 25.0 Å². The predicted octanol–water partition coefficient (Wildman–Crippen LogP) is 2.41. The van der Waals surface area contributed by atoms with E-state index in [1.165, 1.54) is 4.90 Å². The van der Waals surface area contributed by atoms with Gasteiger partial charge in [-0.25, -0.2) is 0 Å². The van der Waals surface area contributed by atoms with Crippen molar-refractivity contribution in [1.82, 2.24) is 4.90 Å². The van der Waals surface area contributed by atoms with Gasteiger partial charge in [0.15, 0.2) is 0 Å². The molecule has 0 bridgehead atoms. The number of benzene rings is 1. The fourth-order valence-corrected chi connectivity index (χ4v) is 1.76. The third-order valence-electron chi connectivity index (χ3n) is 2.74. The minimum absolute atomic E-state index is 0.0475. The second kappa shape index (κ2) is 7.53. The first kappa shape index (κ1) is 16.0. The average Bonchev–Trinajstić information content (AvgIpc) is 2.39. The van der Waals surface area contributed by atoms with Crippen LogP contribution in [0.2, 0.25) is 0 Å². The number of nitrogens with zero attached hydrogens (tertiary/aromatic N) is 1. The monoisotopic (exact) mass is 279 g/mol. The Hall–Kier alpha value is -2.04. The van der Waals surface area contributed by atoms with Crippen LogP contribution in [0.5, 0.6) is 5.75 Å². The average molecular weight is 279 g/mol. The highest BCUT2D eigenvalue weighted by Crippen LogP contribution is 2.15. The maximum atomic E-state index is 12.2. The van der Waals surface area contributed by atoms with Gasteiger partial charge in [-0.3, -0.25) is 9.59 Å². The number of ether oxygens (including phenoxy) is 1. The van der Waals surface area contributed by atoms with Crippen LogP contribution in [-0.4, -0.2) is 41.1 Å². The number of carbonyl (C=O) groups is 2. The van der Waals surface area contributed by atoms with Gasteiger partial charge in [0.2, 0.25) is 0 Å². The Labute approximate surface area is 119 Å². The van der Waals surface area contributed by atoms with Crippen LogP contribution in [0.15, 0.2) is 24.3 Å². The van der Waals surface area contributed by atoms with Crippen molar-refractivity contribution in [2.75, 3.05) is 13.1 Å². The molecule has 110 valence electrons. The third kappa shape index (κ3) is 4.91. The zero-order valence-electron chi connectivity index (χ0n) is 12.1. The molecule has 5 heteroatoms. The maximum absolute atomic E-state index is 12.2. The number of hydrogen-bond donors (Lipinski definition) is 1. The van der Waals surface area contributed by atoms with Gasteiger partial charge in [0.1, 0.15) is 5.75 Å². The summed E-state index contributed by atoms with van der Waals surface area (Å²) in [4.78, 5) is 24.3. The lowest BCUT2D eigenvalue weighted by atomic mass is 10.2. The summed E-state index contributed by atoms with van der Waals surface area (Å²) < 4.78 is 5.51. The number of carboxylic acids is 1. The molecule has 5 nitrogen and oxygen atoms in total. The Morgan fingerprint density at radius 2 is 1.85 bits per heavy atom. The maximum Gasteiger partial charge on any atom is 0.305 e. The van der Waals surface area contributed by atoms with Crippen molar-refractivity contribution in [2.45, 2.75) is 33.3 Å². The Morgan fingerprint density at radius 3 is 2.30 bits per heavy atom. The first-order valence-corrected chi connectivity index (χ1v) is 6.71. The van der Waals surface area contributed by atoms with E-state index in [0.717, 1.165) is 0 Å². The number of amides is 1. The molecular formula is C15H21NO4. The summed E-state index contributed by atoms with van der Waals surface area (Å²) in [7, 11) is 0. The van der Waals surface area contributed by atoms with Gasteiger partial charge in [0, 0.05) is 18.7 Å². The lowest BCUT2D eigenvalue weighted by molar-refractivity contribution is -0.137. The van der Waals surface area contributed by atoms with E-state index in [2.05, 4.69) is 0 Å². The zero-order chi connectivity index (χ0) is 15.1. The fourth-order valence-electron chi connectivity index (χ4n) is 1.76. The molecule has 0 aromatic heterocycles. The Balaban J connectivity index is 2.72. The van der Waals surface area contributed by atoms with Gasteiger partial charge in [-0.2, -0.15) is 0 Å². The van der Waals surface area contributed by atoms with Crippen LogP contribution in [0.3, 0.4) is 0 Å². The van der Waals surface area contributed by atoms with E-state index in [1.807, 2.05) is 20.8 Å². The number of rotatable bonds is 7. The molecule has 1 rings (SSSR count). The summed E-state index contributed by atoms with van der Waals surface area (Å²) in [6, 6.07) is 6.89. The molecule has 0 spiro atoms. The minimum atomic E-state index is -0.906. The molecule has 0 radical (unpaired) electrons. The summed E-state index contributed by atoms with van der Waals surface area (Å²) in [6.07, 6.45) is 0.0352. The van der Waals surface area contributed by atoms with E-state index in [0.29, 0.717) is 17.9 Å². The highest BCUT2D eigenvalue weighted by atomic mass is 16.5. The molecular weight excluding hydrogens is 258 g/mol. The largest absolute Gasteiger partial charge is 0.491 e. The first-order chi connectivity index (χ1) is 9.43. The van der Waals surface area contributed by atoms with Gasteiger partial charge in [-0.1, -0.05) is 0 Å². The molecule has 1 N–H and O–H groups in total. The molecule has 0 aliphatic heterocycles. The van der Waals surface area contributed by atoms with Crippen LogP contribution in [0.25, 0.3) is 0 Å². The molecule has 0 fully saturated rings. The van der Waals surface area contributed by atoms with Crippen molar-refractivity contribution in [3.8, 4) is 5.75 Å². The van der Waals surface area contributed by atoms with Crippen LogP contribution < -0.4 is 4.74 Å². The van der Waals surface area contributed by atoms with Crippen molar-refractivity contribution < 1.29 is 19.4 Å². The van der Waals surface area contributed by atoms with Gasteiger partial charge in [-0.15, -0.1) is 0 Å². The molecule has 0 aliphatic rings. The molecule has 0 heterocycles. The van der Waals surface area contributed by atoms with Gasteiger partial charge in [0.05, 0.1) is 12.5 Å². The van der Waals surface area contributed by atoms with Gasteiger partial charge < -0.3 is 14.7 Å². The smallest absolute Gasteiger partial charge is 0.305 e. The predicted molar refractivity (Wildman–Crippen MR) is 76.0 cm³/mol. The van der Waals surface area contributed by atoms with Gasteiger partial charge in [-0.05, 0) is 45.0 Å². The van der Waals surface area contributed by atoms with Crippen LogP contribution in [0, 0.1) is 0 Å². The SMILES string of the molecule is CCN(CCC(=O)O)C(=O)c1ccc(OC(C)C)cc1. The molecule has 1 aromatic carbocycles. The Bertz CT molecular complexity index is 453. The lowest BCUT2D eigenvalue weighted by Crippen LogP contribution is -2.32. The van der Waals surface area contributed by atoms with Gasteiger partial charge in [0.25, 0.3) is 5.91 Å². The second-order valence-electron chi connectivity index (χ2n) is 4.72. The lowest BCUT2D eigenvalue weighted by Gasteiger charge is -2.20. The molecule has 0 unspecified atom stereocenters. The molecule has 0 atom stereocenters. The van der Waals surface area contributed by atoms with E-state index in [4.69, 9.17) is 9.84 Å². The quantitative estimate of drug-likeness (QED) is 0.832. The summed E-state index contributed by atoms with van der Waals surface area (Å²) in [5.74, 6) is -0.355. The molecule has 0 saturated heterocycles. The fraction of sp³-hybridized carbons (Fsp3) is 0.467. The number of carbonyl (C=O) groups excluding carboxylic acids is 1. The van der Waals surface area contributed by atoms with E-state index in [9.17, 15) is 9.59 Å². The number of carboxylic acid groups (broad SMARTS) is 1. The molecule has 0 saturated carbocycles. The van der Waals surface area contributed by atoms with Crippen LogP contribution in [0.4, 0.5) is 0 Å². The number of hydrogen-bond acceptors (Lipinski definition) is 3. The third-order valence-corrected chi connectivity index (χ3v) is 2.74. The first-order valence-electron chi connectivity index (χ1n) is 6.71. The standard InChI is InChI=1S/C15H21NO4/c1-4-16(10-9-14(17)18)15(19)12-5-7-13(8-6-12)20-11(2)3/h5-8,11H,4,9-10H2,1-3H3,(H,17,18). The molecule has 20 heavy (non-hydrogen) atoms. The van der Waals surface area contributed by atoms with Crippen LogP contribution >= 0.6 is 0 Å². The summed E-state index contributed by atoms with van der Waals surface area (Å²) in [6.45, 7) is 6.40. The van der Waals surface area contributed by atoms with E-state index < -0.39 is 5.97 Å². The Kier molecular flexibility index (Phi) is 6.03. The van der Waals surface area contributed by atoms with Crippen molar-refractivity contribution in [2.24, 2.45) is 0 Å². The van der Waals surface area contributed by atoms with Crippen molar-refractivity contribution >= 4 is 11.9 Å².